The lowest BCUT2D eigenvalue weighted by atomic mass is 9.94. The molecule has 118 valence electrons. The predicted molar refractivity (Wildman–Crippen MR) is 93.0 cm³/mol. The van der Waals surface area contributed by atoms with Crippen molar-refractivity contribution in [2.75, 3.05) is 0 Å². The van der Waals surface area contributed by atoms with Crippen molar-refractivity contribution in [3.05, 3.63) is 22.1 Å². The lowest BCUT2D eigenvalue weighted by molar-refractivity contribution is -0.124. The number of hydrogen-bond donors (Lipinski definition) is 1. The number of rotatable bonds is 3. The van der Waals surface area contributed by atoms with E-state index in [9.17, 15) is 4.79 Å². The highest BCUT2D eigenvalue weighted by Crippen LogP contribution is 2.27. The predicted octanol–water partition coefficient (Wildman–Crippen LogP) is 3.06. The minimum absolute atomic E-state index is 0.0325. The van der Waals surface area contributed by atoms with E-state index in [1.165, 1.54) is 19.3 Å². The summed E-state index contributed by atoms with van der Waals surface area (Å²) in [6.45, 7) is 2.81. The zero-order valence-corrected chi connectivity index (χ0v) is 14.9. The maximum Gasteiger partial charge on any atom is 0.276 e. The van der Waals surface area contributed by atoms with Crippen LogP contribution in [0.1, 0.15) is 44.7 Å². The van der Waals surface area contributed by atoms with Gasteiger partial charge in [0.1, 0.15) is 11.4 Å². The van der Waals surface area contributed by atoms with Crippen molar-refractivity contribution in [1.29, 1.82) is 0 Å². The van der Waals surface area contributed by atoms with Crippen molar-refractivity contribution in [3.8, 4) is 0 Å². The zero-order chi connectivity index (χ0) is 15.7. The van der Waals surface area contributed by atoms with Gasteiger partial charge in [0.05, 0.1) is 4.47 Å². The van der Waals surface area contributed by atoms with E-state index < -0.39 is 0 Å². The minimum Gasteiger partial charge on any atom is -0.328 e. The fourth-order valence-electron chi connectivity index (χ4n) is 3.03. The van der Waals surface area contributed by atoms with Crippen LogP contribution in [0.2, 0.25) is 0 Å². The molecule has 1 aliphatic heterocycles. The molecule has 0 bridgehead atoms. The number of amides is 1. The molecule has 22 heavy (non-hydrogen) atoms. The van der Waals surface area contributed by atoms with Gasteiger partial charge in [-0.2, -0.15) is 5.10 Å². The third kappa shape index (κ3) is 2.96. The van der Waals surface area contributed by atoms with E-state index >= 15 is 0 Å². The highest BCUT2D eigenvalue weighted by molar-refractivity contribution is 9.10. The van der Waals surface area contributed by atoms with Crippen LogP contribution in [-0.4, -0.2) is 31.7 Å². The number of carbonyl (C=O) groups excluding carboxylic acids is 1. The van der Waals surface area contributed by atoms with Gasteiger partial charge in [-0.3, -0.25) is 14.4 Å². The molecule has 3 rings (SSSR count). The molecule has 2 aliphatic rings. The number of nitrogens with one attached hydrogen (secondary N) is 1. The first-order chi connectivity index (χ1) is 10.6. The molecular formula is C15H19BrN4OS. The Balaban J connectivity index is 1.83. The van der Waals surface area contributed by atoms with Crippen molar-refractivity contribution in [2.45, 2.75) is 51.6 Å². The van der Waals surface area contributed by atoms with Crippen LogP contribution in [0, 0.1) is 0 Å². The highest BCUT2D eigenvalue weighted by atomic mass is 79.9. The number of hydrogen-bond acceptors (Lipinski definition) is 3. The van der Waals surface area contributed by atoms with E-state index in [2.05, 4.69) is 26.3 Å². The van der Waals surface area contributed by atoms with E-state index in [4.69, 9.17) is 12.2 Å². The van der Waals surface area contributed by atoms with Gasteiger partial charge < -0.3 is 5.32 Å². The molecule has 1 saturated heterocycles. The zero-order valence-electron chi connectivity index (χ0n) is 12.5. The third-order valence-corrected chi connectivity index (χ3v) is 5.11. The average molecular weight is 383 g/mol. The molecule has 2 heterocycles. The Morgan fingerprint density at radius 3 is 2.82 bits per heavy atom. The lowest BCUT2D eigenvalue weighted by Gasteiger charge is -2.29. The summed E-state index contributed by atoms with van der Waals surface area (Å²) in [5.41, 5.74) is 1.25. The van der Waals surface area contributed by atoms with Crippen molar-refractivity contribution in [1.82, 2.24) is 20.0 Å². The minimum atomic E-state index is -0.0325. The second-order valence-electron chi connectivity index (χ2n) is 5.67. The summed E-state index contributed by atoms with van der Waals surface area (Å²) in [6.07, 6.45) is 9.34. The molecule has 1 aliphatic carbocycles. The molecule has 1 aromatic heterocycles. The number of carbonyl (C=O) groups is 1. The van der Waals surface area contributed by atoms with Crippen LogP contribution in [0.25, 0.3) is 6.08 Å². The van der Waals surface area contributed by atoms with Gasteiger partial charge in [-0.05, 0) is 54.0 Å². The van der Waals surface area contributed by atoms with Gasteiger partial charge in [-0.1, -0.05) is 19.3 Å². The fourth-order valence-corrected chi connectivity index (χ4v) is 3.80. The Labute approximate surface area is 143 Å². The van der Waals surface area contributed by atoms with Crippen LogP contribution in [0.5, 0.6) is 0 Å². The van der Waals surface area contributed by atoms with Crippen LogP contribution in [-0.2, 0) is 11.3 Å². The summed E-state index contributed by atoms with van der Waals surface area (Å²) in [5.74, 6) is -0.0325. The SMILES string of the molecule is CCn1cc(Br)c(/C=C2/NC(=S)N(C3CCCCC3)C2=O)n1. The standard InChI is InChI=1S/C15H19BrN4OS/c1-2-19-9-11(16)12(18-19)8-13-14(21)20(15(22)17-13)10-6-4-3-5-7-10/h8-10H,2-7H2,1H3,(H,17,22)/b13-8+. The topological polar surface area (TPSA) is 50.2 Å². The molecule has 0 spiro atoms. The molecule has 5 nitrogen and oxygen atoms in total. The Hall–Kier alpha value is -1.21. The van der Waals surface area contributed by atoms with Crippen LogP contribution < -0.4 is 5.32 Å². The highest BCUT2D eigenvalue weighted by Gasteiger charge is 2.36. The Kier molecular flexibility index (Phi) is 4.63. The van der Waals surface area contributed by atoms with Gasteiger partial charge in [0, 0.05) is 18.8 Å². The van der Waals surface area contributed by atoms with Gasteiger partial charge in [0.15, 0.2) is 5.11 Å². The first-order valence-corrected chi connectivity index (χ1v) is 8.89. The molecular weight excluding hydrogens is 364 g/mol. The molecule has 1 aromatic rings. The number of aromatic nitrogens is 2. The van der Waals surface area contributed by atoms with E-state index in [0.717, 1.165) is 29.6 Å². The molecule has 0 atom stereocenters. The summed E-state index contributed by atoms with van der Waals surface area (Å²) in [5, 5.41) is 8.00. The third-order valence-electron chi connectivity index (χ3n) is 4.20. The summed E-state index contributed by atoms with van der Waals surface area (Å²) >= 11 is 8.85. The molecule has 1 N–H and O–H groups in total. The maximum atomic E-state index is 12.7. The first kappa shape index (κ1) is 15.7. The molecule has 0 unspecified atom stereocenters. The smallest absolute Gasteiger partial charge is 0.276 e. The number of nitrogens with zero attached hydrogens (tertiary/aromatic N) is 3. The van der Waals surface area contributed by atoms with Gasteiger partial charge in [0.25, 0.3) is 5.91 Å². The van der Waals surface area contributed by atoms with E-state index in [1.54, 1.807) is 11.0 Å². The molecule has 0 radical (unpaired) electrons. The largest absolute Gasteiger partial charge is 0.328 e. The number of thiocarbonyl (C=S) groups is 1. The van der Waals surface area contributed by atoms with Crippen LogP contribution in [0.4, 0.5) is 0 Å². The van der Waals surface area contributed by atoms with Crippen molar-refractivity contribution < 1.29 is 4.79 Å². The maximum absolute atomic E-state index is 12.7. The molecule has 2 fully saturated rings. The van der Waals surface area contributed by atoms with Crippen LogP contribution in [0.3, 0.4) is 0 Å². The Bertz CT molecular complexity index is 633. The van der Waals surface area contributed by atoms with Crippen LogP contribution >= 0.6 is 28.1 Å². The summed E-state index contributed by atoms with van der Waals surface area (Å²) in [7, 11) is 0. The van der Waals surface area contributed by atoms with Gasteiger partial charge in [0.2, 0.25) is 0 Å². The van der Waals surface area contributed by atoms with Crippen molar-refractivity contribution in [3.63, 3.8) is 0 Å². The second-order valence-corrected chi connectivity index (χ2v) is 6.91. The molecule has 7 heteroatoms. The summed E-state index contributed by atoms with van der Waals surface area (Å²) in [4.78, 5) is 14.4. The van der Waals surface area contributed by atoms with Crippen molar-refractivity contribution in [2.24, 2.45) is 0 Å². The Morgan fingerprint density at radius 1 is 1.45 bits per heavy atom. The summed E-state index contributed by atoms with van der Waals surface area (Å²) in [6, 6.07) is 0.240. The van der Waals surface area contributed by atoms with Gasteiger partial charge >= 0.3 is 0 Å². The van der Waals surface area contributed by atoms with E-state index in [-0.39, 0.29) is 11.9 Å². The average Bonchev–Trinajstić information content (AvgIpc) is 3.01. The molecule has 0 aromatic carbocycles. The lowest BCUT2D eigenvalue weighted by Crippen LogP contribution is -2.41. The monoisotopic (exact) mass is 382 g/mol. The fraction of sp³-hybridized carbons (Fsp3) is 0.533. The van der Waals surface area contributed by atoms with Crippen molar-refractivity contribution >= 4 is 45.2 Å². The summed E-state index contributed by atoms with van der Waals surface area (Å²) < 4.78 is 2.70. The number of aryl methyl sites for hydroxylation is 1. The van der Waals surface area contributed by atoms with E-state index in [1.807, 2.05) is 17.8 Å². The second kappa shape index (κ2) is 6.50. The normalized spacial score (nSPS) is 21.7. The number of halogens is 1. The van der Waals surface area contributed by atoms with E-state index in [0.29, 0.717) is 10.8 Å². The molecule has 1 amide bonds. The molecule has 1 saturated carbocycles. The first-order valence-electron chi connectivity index (χ1n) is 7.69. The van der Waals surface area contributed by atoms with Gasteiger partial charge in [-0.25, -0.2) is 0 Å². The van der Waals surface area contributed by atoms with Gasteiger partial charge in [-0.15, -0.1) is 0 Å². The quantitative estimate of drug-likeness (QED) is 0.644. The van der Waals surface area contributed by atoms with Crippen LogP contribution in [0.15, 0.2) is 16.4 Å². The Morgan fingerprint density at radius 2 is 2.18 bits per heavy atom.